The second-order valence-electron chi connectivity index (χ2n) is 5.93. The molecule has 3 nitrogen and oxygen atoms in total. The first-order valence-electron chi connectivity index (χ1n) is 7.36. The number of hydrogen-bond donors (Lipinski definition) is 2. The van der Waals surface area contributed by atoms with Crippen LogP contribution in [0.2, 0.25) is 0 Å². The van der Waals surface area contributed by atoms with Gasteiger partial charge in [0.1, 0.15) is 5.75 Å². The molecule has 3 rings (SSSR count). The first-order chi connectivity index (χ1) is 9.29. The van der Waals surface area contributed by atoms with Crippen molar-refractivity contribution in [3.05, 3.63) is 29.3 Å². The van der Waals surface area contributed by atoms with E-state index in [1.165, 1.54) is 24.0 Å². The average Bonchev–Trinajstić information content (AvgIpc) is 3.20. The van der Waals surface area contributed by atoms with Crippen molar-refractivity contribution in [2.75, 3.05) is 27.2 Å². The molecule has 1 unspecified atom stereocenters. The van der Waals surface area contributed by atoms with Crippen LogP contribution in [0, 0.1) is 5.41 Å². The molecule has 1 aromatic carbocycles. The Hall–Kier alpha value is -1.06. The van der Waals surface area contributed by atoms with E-state index in [9.17, 15) is 0 Å². The van der Waals surface area contributed by atoms with Gasteiger partial charge in [-0.3, -0.25) is 0 Å². The topological polar surface area (TPSA) is 33.3 Å². The second kappa shape index (κ2) is 5.14. The zero-order valence-electron chi connectivity index (χ0n) is 12.0. The van der Waals surface area contributed by atoms with E-state index >= 15 is 0 Å². The quantitative estimate of drug-likeness (QED) is 0.852. The number of aryl methyl sites for hydroxylation is 1. The molecule has 1 heterocycles. The van der Waals surface area contributed by atoms with Crippen LogP contribution >= 0.6 is 0 Å². The Morgan fingerprint density at radius 1 is 1.32 bits per heavy atom. The lowest BCUT2D eigenvalue weighted by atomic mass is 9.88. The summed E-state index contributed by atoms with van der Waals surface area (Å²) < 4.78 is 5.71. The molecule has 0 amide bonds. The summed E-state index contributed by atoms with van der Waals surface area (Å²) in [6, 6.07) is 7.20. The maximum Gasteiger partial charge on any atom is 0.122 e. The number of ether oxygens (including phenoxy) is 1. The third-order valence-corrected chi connectivity index (χ3v) is 4.59. The van der Waals surface area contributed by atoms with Gasteiger partial charge in [-0.05, 0) is 57.0 Å². The van der Waals surface area contributed by atoms with Crippen LogP contribution in [0.15, 0.2) is 18.2 Å². The van der Waals surface area contributed by atoms with E-state index in [0.717, 1.165) is 31.7 Å². The summed E-state index contributed by atoms with van der Waals surface area (Å²) in [4.78, 5) is 0. The van der Waals surface area contributed by atoms with Gasteiger partial charge in [-0.25, -0.2) is 0 Å². The molecule has 1 aliphatic heterocycles. The number of rotatable bonds is 5. The van der Waals surface area contributed by atoms with Crippen molar-refractivity contribution in [2.45, 2.75) is 31.7 Å². The van der Waals surface area contributed by atoms with Gasteiger partial charge in [0, 0.05) is 18.0 Å². The van der Waals surface area contributed by atoms with Gasteiger partial charge in [0.2, 0.25) is 0 Å². The molecule has 1 aliphatic carbocycles. The number of nitrogens with one attached hydrogen (secondary N) is 2. The van der Waals surface area contributed by atoms with E-state index in [2.05, 4.69) is 35.9 Å². The molecule has 0 saturated heterocycles. The molecule has 0 radical (unpaired) electrons. The minimum Gasteiger partial charge on any atom is -0.493 e. The van der Waals surface area contributed by atoms with E-state index in [1.54, 1.807) is 0 Å². The van der Waals surface area contributed by atoms with Crippen molar-refractivity contribution in [1.29, 1.82) is 0 Å². The van der Waals surface area contributed by atoms with Crippen LogP contribution < -0.4 is 15.4 Å². The lowest BCUT2D eigenvalue weighted by molar-refractivity contribution is 0.287. The number of hydrogen-bond acceptors (Lipinski definition) is 3. The van der Waals surface area contributed by atoms with Gasteiger partial charge in [0.15, 0.2) is 0 Å². The fourth-order valence-electron chi connectivity index (χ4n) is 3.47. The first kappa shape index (κ1) is 12.9. The molecule has 2 aliphatic rings. The zero-order chi connectivity index (χ0) is 13.3. The van der Waals surface area contributed by atoms with Crippen molar-refractivity contribution in [1.82, 2.24) is 10.6 Å². The largest absolute Gasteiger partial charge is 0.493 e. The van der Waals surface area contributed by atoms with E-state index < -0.39 is 0 Å². The molecule has 1 fully saturated rings. The van der Waals surface area contributed by atoms with Crippen LogP contribution in [0.1, 0.15) is 36.4 Å². The molecule has 2 N–H and O–H groups in total. The second-order valence-corrected chi connectivity index (χ2v) is 5.93. The highest BCUT2D eigenvalue weighted by molar-refractivity contribution is 5.40. The molecule has 104 valence electrons. The summed E-state index contributed by atoms with van der Waals surface area (Å²) in [5.74, 6) is 1.09. The van der Waals surface area contributed by atoms with Crippen LogP contribution in [-0.4, -0.2) is 27.2 Å². The fourth-order valence-corrected chi connectivity index (χ4v) is 3.47. The maximum absolute atomic E-state index is 5.71. The van der Waals surface area contributed by atoms with E-state index in [-0.39, 0.29) is 0 Å². The highest BCUT2D eigenvalue weighted by Gasteiger charge is 2.48. The lowest BCUT2D eigenvalue weighted by Gasteiger charge is -2.28. The Labute approximate surface area is 115 Å². The van der Waals surface area contributed by atoms with Crippen LogP contribution in [0.5, 0.6) is 5.75 Å². The van der Waals surface area contributed by atoms with E-state index in [1.807, 2.05) is 7.05 Å². The third-order valence-electron chi connectivity index (χ3n) is 4.59. The fraction of sp³-hybridized carbons (Fsp3) is 0.625. The van der Waals surface area contributed by atoms with Crippen molar-refractivity contribution in [3.8, 4) is 5.75 Å². The number of benzene rings is 1. The monoisotopic (exact) mass is 260 g/mol. The van der Waals surface area contributed by atoms with Crippen LogP contribution in [0.4, 0.5) is 0 Å². The molecule has 3 heteroatoms. The van der Waals surface area contributed by atoms with Gasteiger partial charge in [0.25, 0.3) is 0 Å². The molecule has 0 bridgehead atoms. The minimum absolute atomic E-state index is 0.410. The van der Waals surface area contributed by atoms with Crippen LogP contribution in [0.25, 0.3) is 0 Å². The van der Waals surface area contributed by atoms with Gasteiger partial charge in [-0.15, -0.1) is 0 Å². The standard InChI is InChI=1S/C16H24N2O/c1-17-11-16(7-8-16)15(18-2)13-5-6-14-12(10-13)4-3-9-19-14/h5-6,10,15,17-18H,3-4,7-9,11H2,1-2H3. The highest BCUT2D eigenvalue weighted by Crippen LogP contribution is 2.54. The maximum atomic E-state index is 5.71. The normalized spacial score (nSPS) is 21.4. The molecule has 0 spiro atoms. The summed E-state index contributed by atoms with van der Waals surface area (Å²) in [6.07, 6.45) is 4.92. The summed E-state index contributed by atoms with van der Waals surface area (Å²) in [5.41, 5.74) is 3.21. The Kier molecular flexibility index (Phi) is 3.50. The Morgan fingerprint density at radius 2 is 2.16 bits per heavy atom. The van der Waals surface area contributed by atoms with Gasteiger partial charge in [0.05, 0.1) is 6.61 Å². The van der Waals surface area contributed by atoms with Crippen molar-refractivity contribution < 1.29 is 4.74 Å². The van der Waals surface area contributed by atoms with E-state index in [0.29, 0.717) is 11.5 Å². The lowest BCUT2D eigenvalue weighted by Crippen LogP contribution is -2.33. The highest BCUT2D eigenvalue weighted by atomic mass is 16.5. The predicted octanol–water partition coefficient (Wildman–Crippen LogP) is 2.27. The Morgan fingerprint density at radius 3 is 2.84 bits per heavy atom. The van der Waals surface area contributed by atoms with Crippen molar-refractivity contribution in [3.63, 3.8) is 0 Å². The Balaban J connectivity index is 1.87. The summed E-state index contributed by atoms with van der Waals surface area (Å²) in [5, 5.41) is 6.88. The molecular formula is C16H24N2O. The van der Waals surface area contributed by atoms with Gasteiger partial charge >= 0.3 is 0 Å². The average molecular weight is 260 g/mol. The first-order valence-corrected chi connectivity index (χ1v) is 7.36. The van der Waals surface area contributed by atoms with E-state index in [4.69, 9.17) is 4.74 Å². The number of fused-ring (bicyclic) bond motifs is 1. The van der Waals surface area contributed by atoms with Gasteiger partial charge < -0.3 is 15.4 Å². The van der Waals surface area contributed by atoms with Gasteiger partial charge in [-0.1, -0.05) is 12.1 Å². The SMILES string of the molecule is CNCC1(C(NC)c2ccc3c(c2)CCCO3)CC1. The van der Waals surface area contributed by atoms with Gasteiger partial charge in [-0.2, -0.15) is 0 Å². The third kappa shape index (κ3) is 2.37. The smallest absolute Gasteiger partial charge is 0.122 e. The minimum atomic E-state index is 0.410. The molecule has 19 heavy (non-hydrogen) atoms. The summed E-state index contributed by atoms with van der Waals surface area (Å²) in [6.45, 7) is 1.96. The molecule has 1 saturated carbocycles. The van der Waals surface area contributed by atoms with Crippen molar-refractivity contribution in [2.24, 2.45) is 5.41 Å². The molecule has 1 atom stereocenters. The Bertz CT molecular complexity index is 454. The summed E-state index contributed by atoms with van der Waals surface area (Å²) >= 11 is 0. The van der Waals surface area contributed by atoms with Crippen molar-refractivity contribution >= 4 is 0 Å². The predicted molar refractivity (Wildman–Crippen MR) is 77.7 cm³/mol. The molecule has 0 aromatic heterocycles. The zero-order valence-corrected chi connectivity index (χ0v) is 12.0. The molecule has 1 aromatic rings. The van der Waals surface area contributed by atoms with Crippen LogP contribution in [-0.2, 0) is 6.42 Å². The summed E-state index contributed by atoms with van der Waals surface area (Å²) in [7, 11) is 4.13. The molecular weight excluding hydrogens is 236 g/mol. The van der Waals surface area contributed by atoms with Crippen LogP contribution in [0.3, 0.4) is 0 Å².